The fourth-order valence-corrected chi connectivity index (χ4v) is 5.67. The minimum Gasteiger partial charge on any atom is -0.353 e. The molecule has 4 nitrogen and oxygen atoms in total. The lowest BCUT2D eigenvalue weighted by atomic mass is 10.0. The second-order valence-corrected chi connectivity index (χ2v) is 8.71. The molecule has 1 aliphatic heterocycles. The quantitative estimate of drug-likeness (QED) is 0.899. The number of para-hydroxylation sites is 1. The minimum atomic E-state index is -3.09. The lowest BCUT2D eigenvalue weighted by Crippen LogP contribution is -2.47. The number of sulfone groups is 1. The number of benzene rings is 1. The summed E-state index contributed by atoms with van der Waals surface area (Å²) in [6.45, 7) is 2.91. The molecule has 1 aliphatic rings. The number of hydrogen-bond acceptors (Lipinski definition) is 5. The van der Waals surface area contributed by atoms with Crippen LogP contribution in [0.1, 0.15) is 24.9 Å². The van der Waals surface area contributed by atoms with Gasteiger partial charge in [0.25, 0.3) is 0 Å². The highest BCUT2D eigenvalue weighted by Gasteiger charge is 2.32. The Bertz CT molecular complexity index is 571. The summed E-state index contributed by atoms with van der Waals surface area (Å²) in [6, 6.07) is 8.40. The number of nitrogens with zero attached hydrogens (tertiary/aromatic N) is 1. The van der Waals surface area contributed by atoms with Crippen LogP contribution in [0.3, 0.4) is 0 Å². The van der Waals surface area contributed by atoms with E-state index in [0.717, 1.165) is 24.4 Å². The Morgan fingerprint density at radius 3 is 2.76 bits per heavy atom. The van der Waals surface area contributed by atoms with E-state index >= 15 is 0 Å². The monoisotopic (exact) mass is 328 g/mol. The molecule has 0 amide bonds. The van der Waals surface area contributed by atoms with E-state index in [4.69, 9.17) is 0 Å². The van der Waals surface area contributed by atoms with Gasteiger partial charge in [-0.2, -0.15) is 11.8 Å². The number of rotatable bonds is 5. The number of nitrogens with one attached hydrogen (secondary N) is 1. The predicted molar refractivity (Wildman–Crippen MR) is 91.8 cm³/mol. The van der Waals surface area contributed by atoms with Crippen molar-refractivity contribution in [3.8, 4) is 0 Å². The van der Waals surface area contributed by atoms with E-state index in [1.165, 1.54) is 11.8 Å². The van der Waals surface area contributed by atoms with Crippen molar-refractivity contribution < 1.29 is 8.42 Å². The summed E-state index contributed by atoms with van der Waals surface area (Å²) < 4.78 is 24.2. The van der Waals surface area contributed by atoms with Crippen molar-refractivity contribution in [2.75, 3.05) is 36.3 Å². The normalized spacial score (nSPS) is 21.3. The smallest absolute Gasteiger partial charge is 0.169 e. The van der Waals surface area contributed by atoms with Gasteiger partial charge in [-0.05, 0) is 25.1 Å². The van der Waals surface area contributed by atoms with Gasteiger partial charge in [0, 0.05) is 36.0 Å². The first-order valence-corrected chi connectivity index (χ1v) is 10.4. The average molecular weight is 329 g/mol. The van der Waals surface area contributed by atoms with Crippen LogP contribution >= 0.6 is 11.8 Å². The van der Waals surface area contributed by atoms with E-state index in [9.17, 15) is 8.42 Å². The van der Waals surface area contributed by atoms with E-state index in [2.05, 4.69) is 23.2 Å². The molecule has 0 saturated carbocycles. The highest BCUT2D eigenvalue weighted by atomic mass is 32.2. The second-order valence-electron chi connectivity index (χ2n) is 5.36. The van der Waals surface area contributed by atoms with Crippen LogP contribution in [-0.2, 0) is 9.84 Å². The van der Waals surface area contributed by atoms with Gasteiger partial charge in [0.15, 0.2) is 9.84 Å². The van der Waals surface area contributed by atoms with Gasteiger partial charge in [-0.1, -0.05) is 25.1 Å². The maximum absolute atomic E-state index is 12.1. The van der Waals surface area contributed by atoms with E-state index in [1.54, 1.807) is 11.8 Å². The molecule has 0 radical (unpaired) electrons. The Morgan fingerprint density at radius 1 is 1.43 bits per heavy atom. The van der Waals surface area contributed by atoms with Crippen LogP contribution in [0.5, 0.6) is 0 Å². The fourth-order valence-electron chi connectivity index (χ4n) is 2.83. The highest BCUT2D eigenvalue weighted by molar-refractivity contribution is 8.01. The van der Waals surface area contributed by atoms with Gasteiger partial charge in [0.1, 0.15) is 5.37 Å². The molecule has 0 spiro atoms. The SMILES string of the molecule is CCC(NC)c1ccccc1N1CCSCC1S(C)(=O)=O. The first-order valence-electron chi connectivity index (χ1n) is 7.28. The van der Waals surface area contributed by atoms with Crippen molar-refractivity contribution in [2.24, 2.45) is 0 Å². The predicted octanol–water partition coefficient (Wildman–Crippen LogP) is 2.28. The molecule has 1 heterocycles. The molecule has 0 aromatic heterocycles. The van der Waals surface area contributed by atoms with Gasteiger partial charge in [-0.25, -0.2) is 8.42 Å². The summed E-state index contributed by atoms with van der Waals surface area (Å²) in [6.07, 6.45) is 2.31. The molecular formula is C15H24N2O2S2. The molecule has 0 bridgehead atoms. The van der Waals surface area contributed by atoms with E-state index < -0.39 is 15.2 Å². The zero-order valence-electron chi connectivity index (χ0n) is 12.9. The van der Waals surface area contributed by atoms with Crippen LogP contribution in [0, 0.1) is 0 Å². The molecule has 2 unspecified atom stereocenters. The standard InChI is InChI=1S/C15H24N2O2S2/c1-4-13(16-2)12-7-5-6-8-14(12)17-9-10-20-11-15(17)21(3,18)19/h5-8,13,15-16H,4,9-11H2,1-3H3. The van der Waals surface area contributed by atoms with Crippen LogP contribution in [0.4, 0.5) is 5.69 Å². The van der Waals surface area contributed by atoms with E-state index in [0.29, 0.717) is 5.75 Å². The maximum Gasteiger partial charge on any atom is 0.169 e. The first-order chi connectivity index (χ1) is 9.99. The molecule has 2 rings (SSSR count). The minimum absolute atomic E-state index is 0.246. The Labute approximate surface area is 132 Å². The summed E-state index contributed by atoms with van der Waals surface area (Å²) >= 11 is 1.72. The van der Waals surface area contributed by atoms with Crippen molar-refractivity contribution in [3.05, 3.63) is 29.8 Å². The van der Waals surface area contributed by atoms with Crippen molar-refractivity contribution >= 4 is 27.3 Å². The molecule has 1 N–H and O–H groups in total. The van der Waals surface area contributed by atoms with Crippen LogP contribution in [0.2, 0.25) is 0 Å². The second kappa shape index (κ2) is 7.03. The summed E-state index contributed by atoms with van der Waals surface area (Å²) in [5.74, 6) is 1.61. The zero-order chi connectivity index (χ0) is 15.5. The molecule has 6 heteroatoms. The van der Waals surface area contributed by atoms with Crippen LogP contribution in [0.25, 0.3) is 0 Å². The molecule has 118 valence electrons. The molecule has 21 heavy (non-hydrogen) atoms. The third-order valence-electron chi connectivity index (χ3n) is 3.96. The zero-order valence-corrected chi connectivity index (χ0v) is 14.5. The topological polar surface area (TPSA) is 49.4 Å². The van der Waals surface area contributed by atoms with Gasteiger partial charge in [0.05, 0.1) is 0 Å². The molecule has 1 saturated heterocycles. The maximum atomic E-state index is 12.1. The molecule has 1 fully saturated rings. The van der Waals surface area contributed by atoms with Crippen molar-refractivity contribution in [1.29, 1.82) is 0 Å². The van der Waals surface area contributed by atoms with E-state index in [-0.39, 0.29) is 6.04 Å². The number of anilines is 1. The number of hydrogen-bond donors (Lipinski definition) is 1. The molecule has 1 aromatic rings. The molecule has 2 atom stereocenters. The Hall–Kier alpha value is -0.720. The number of thioether (sulfide) groups is 1. The molecule has 0 aliphatic carbocycles. The first kappa shape index (κ1) is 16.6. The van der Waals surface area contributed by atoms with Gasteiger partial charge < -0.3 is 10.2 Å². The lowest BCUT2D eigenvalue weighted by Gasteiger charge is -2.38. The fraction of sp³-hybridized carbons (Fsp3) is 0.600. The highest BCUT2D eigenvalue weighted by Crippen LogP contribution is 2.33. The van der Waals surface area contributed by atoms with E-state index in [1.807, 2.05) is 25.2 Å². The van der Waals surface area contributed by atoms with Crippen LogP contribution in [-0.4, -0.2) is 45.1 Å². The third-order valence-corrected chi connectivity index (χ3v) is 6.60. The Balaban J connectivity index is 2.44. The Morgan fingerprint density at radius 2 is 2.14 bits per heavy atom. The third kappa shape index (κ3) is 3.73. The van der Waals surface area contributed by atoms with Crippen molar-refractivity contribution in [2.45, 2.75) is 24.8 Å². The Kier molecular flexibility index (Phi) is 5.57. The van der Waals surface area contributed by atoms with Crippen molar-refractivity contribution in [1.82, 2.24) is 5.32 Å². The van der Waals surface area contributed by atoms with Gasteiger partial charge in [-0.3, -0.25) is 0 Å². The lowest BCUT2D eigenvalue weighted by molar-refractivity contribution is 0.569. The van der Waals surface area contributed by atoms with Gasteiger partial charge in [-0.15, -0.1) is 0 Å². The van der Waals surface area contributed by atoms with Crippen LogP contribution < -0.4 is 10.2 Å². The average Bonchev–Trinajstić information content (AvgIpc) is 2.48. The van der Waals surface area contributed by atoms with Crippen molar-refractivity contribution in [3.63, 3.8) is 0 Å². The summed E-state index contributed by atoms with van der Waals surface area (Å²) in [4.78, 5) is 2.07. The molecule has 1 aromatic carbocycles. The van der Waals surface area contributed by atoms with Gasteiger partial charge >= 0.3 is 0 Å². The molecular weight excluding hydrogens is 304 g/mol. The van der Waals surface area contributed by atoms with Crippen LogP contribution in [0.15, 0.2) is 24.3 Å². The summed E-state index contributed by atoms with van der Waals surface area (Å²) in [7, 11) is -1.14. The largest absolute Gasteiger partial charge is 0.353 e. The summed E-state index contributed by atoms with van der Waals surface area (Å²) in [5.41, 5.74) is 2.23. The van der Waals surface area contributed by atoms with Gasteiger partial charge in [0.2, 0.25) is 0 Å². The summed E-state index contributed by atoms with van der Waals surface area (Å²) in [5, 5.41) is 2.90.